The highest BCUT2D eigenvalue weighted by Crippen LogP contribution is 2.32. The molecule has 1 saturated heterocycles. The molecule has 1 N–H and O–H groups in total. The largest absolute Gasteiger partial charge is 0.325 e. The van der Waals surface area contributed by atoms with Crippen LogP contribution in [0.25, 0.3) is 6.08 Å². The quantitative estimate of drug-likeness (QED) is 0.482. The van der Waals surface area contributed by atoms with Gasteiger partial charge in [0.25, 0.3) is 16.8 Å². The van der Waals surface area contributed by atoms with Gasteiger partial charge in [0.05, 0.1) is 9.83 Å². The third kappa shape index (κ3) is 4.39. The number of nitro benzene ring substituents is 1. The second kappa shape index (κ2) is 7.83. The molecular formula is C18H13N3O5S. The number of para-hydroxylation sites is 1. The van der Waals surface area contributed by atoms with Crippen molar-refractivity contribution < 1.29 is 19.3 Å². The van der Waals surface area contributed by atoms with Crippen molar-refractivity contribution in [1.82, 2.24) is 4.90 Å². The van der Waals surface area contributed by atoms with Gasteiger partial charge in [-0.2, -0.15) is 0 Å². The van der Waals surface area contributed by atoms with Gasteiger partial charge in [-0.1, -0.05) is 30.3 Å². The number of amides is 3. The van der Waals surface area contributed by atoms with Crippen LogP contribution < -0.4 is 5.32 Å². The van der Waals surface area contributed by atoms with Gasteiger partial charge in [-0.25, -0.2) is 0 Å². The van der Waals surface area contributed by atoms with Crippen LogP contribution in [0.5, 0.6) is 0 Å². The van der Waals surface area contributed by atoms with Gasteiger partial charge in [0.2, 0.25) is 5.91 Å². The Bertz CT molecular complexity index is 958. The molecule has 1 aliphatic rings. The number of nitrogens with one attached hydrogen (secondary N) is 1. The molecule has 2 aromatic carbocycles. The predicted octanol–water partition coefficient (Wildman–Crippen LogP) is 3.27. The highest BCUT2D eigenvalue weighted by Gasteiger charge is 2.36. The first-order chi connectivity index (χ1) is 12.9. The molecule has 1 aliphatic heterocycles. The van der Waals surface area contributed by atoms with Crippen molar-refractivity contribution in [2.75, 3.05) is 11.9 Å². The number of carbonyl (C=O) groups is 3. The van der Waals surface area contributed by atoms with Crippen LogP contribution in [0, 0.1) is 10.1 Å². The summed E-state index contributed by atoms with van der Waals surface area (Å²) in [5.41, 5.74) is 0.857. The van der Waals surface area contributed by atoms with E-state index in [1.807, 2.05) is 0 Å². The van der Waals surface area contributed by atoms with Crippen LogP contribution in [-0.4, -0.2) is 33.4 Å². The van der Waals surface area contributed by atoms with Crippen molar-refractivity contribution in [1.29, 1.82) is 0 Å². The highest BCUT2D eigenvalue weighted by molar-refractivity contribution is 8.18. The van der Waals surface area contributed by atoms with Crippen LogP contribution >= 0.6 is 11.8 Å². The van der Waals surface area contributed by atoms with Crippen molar-refractivity contribution in [3.63, 3.8) is 0 Å². The molecule has 3 amide bonds. The van der Waals surface area contributed by atoms with Gasteiger partial charge in [-0.05, 0) is 35.5 Å². The molecule has 2 aromatic rings. The van der Waals surface area contributed by atoms with Crippen LogP contribution in [0.15, 0.2) is 59.5 Å². The van der Waals surface area contributed by atoms with Gasteiger partial charge in [-0.3, -0.25) is 29.4 Å². The third-order valence-electron chi connectivity index (χ3n) is 3.61. The van der Waals surface area contributed by atoms with E-state index in [4.69, 9.17) is 0 Å². The van der Waals surface area contributed by atoms with Gasteiger partial charge in [0, 0.05) is 17.8 Å². The lowest BCUT2D eigenvalue weighted by atomic mass is 10.2. The number of nitrogens with zero attached hydrogens (tertiary/aromatic N) is 2. The summed E-state index contributed by atoms with van der Waals surface area (Å²) in [6, 6.07) is 14.4. The number of rotatable bonds is 5. The normalized spacial score (nSPS) is 15.3. The number of thioether (sulfide) groups is 1. The molecule has 1 fully saturated rings. The van der Waals surface area contributed by atoms with Gasteiger partial charge in [-0.15, -0.1) is 0 Å². The number of non-ortho nitro benzene ring substituents is 1. The lowest BCUT2D eigenvalue weighted by molar-refractivity contribution is -0.384. The van der Waals surface area contributed by atoms with Crippen LogP contribution in [0.4, 0.5) is 16.2 Å². The van der Waals surface area contributed by atoms with Gasteiger partial charge in [0.15, 0.2) is 0 Å². The van der Waals surface area contributed by atoms with E-state index in [0.29, 0.717) is 23.0 Å². The highest BCUT2D eigenvalue weighted by atomic mass is 32.2. The molecule has 9 heteroatoms. The zero-order chi connectivity index (χ0) is 19.4. The number of hydrogen-bond donors (Lipinski definition) is 1. The predicted molar refractivity (Wildman–Crippen MR) is 101 cm³/mol. The second-order valence-corrected chi connectivity index (χ2v) is 6.53. The van der Waals surface area contributed by atoms with Crippen LogP contribution in [0.3, 0.4) is 0 Å². The summed E-state index contributed by atoms with van der Waals surface area (Å²) in [6.45, 7) is -0.411. The van der Waals surface area contributed by atoms with Crippen LogP contribution in [0.1, 0.15) is 5.56 Å². The number of imide groups is 1. The van der Waals surface area contributed by atoms with E-state index in [1.54, 1.807) is 36.4 Å². The van der Waals surface area contributed by atoms with Gasteiger partial charge >= 0.3 is 0 Å². The first-order valence-electron chi connectivity index (χ1n) is 7.79. The zero-order valence-corrected chi connectivity index (χ0v) is 14.6. The molecule has 136 valence electrons. The van der Waals surface area contributed by atoms with E-state index in [2.05, 4.69) is 5.32 Å². The van der Waals surface area contributed by atoms with Crippen LogP contribution in [0.2, 0.25) is 0 Å². The monoisotopic (exact) mass is 383 g/mol. The Morgan fingerprint density at radius 1 is 1.15 bits per heavy atom. The maximum absolute atomic E-state index is 12.4. The number of benzene rings is 2. The fourth-order valence-corrected chi connectivity index (χ4v) is 3.22. The molecule has 0 spiro atoms. The summed E-state index contributed by atoms with van der Waals surface area (Å²) in [4.78, 5) is 47.8. The first-order valence-corrected chi connectivity index (χ1v) is 8.60. The summed E-state index contributed by atoms with van der Waals surface area (Å²) in [5, 5.41) is 12.9. The standard InChI is InChI=1S/C18H13N3O5S/c22-16(19-13-6-2-1-3-7-13)11-20-17(23)15(27-18(20)24)10-12-5-4-8-14(9-12)21(25)26/h1-10H,11H2,(H,19,22)/b15-10+. The first kappa shape index (κ1) is 18.3. The molecule has 0 unspecified atom stereocenters. The molecule has 0 atom stereocenters. The molecule has 1 heterocycles. The van der Waals surface area contributed by atoms with E-state index in [-0.39, 0.29) is 10.6 Å². The van der Waals surface area contributed by atoms with Crippen molar-refractivity contribution in [3.05, 3.63) is 75.2 Å². The molecule has 8 nitrogen and oxygen atoms in total. The average Bonchev–Trinajstić information content (AvgIpc) is 2.90. The maximum Gasteiger partial charge on any atom is 0.294 e. The Hall–Kier alpha value is -3.46. The third-order valence-corrected chi connectivity index (χ3v) is 4.52. The molecule has 27 heavy (non-hydrogen) atoms. The van der Waals surface area contributed by atoms with E-state index < -0.39 is 28.5 Å². The van der Waals surface area contributed by atoms with Crippen molar-refractivity contribution >= 4 is 46.3 Å². The summed E-state index contributed by atoms with van der Waals surface area (Å²) in [7, 11) is 0. The van der Waals surface area contributed by atoms with Crippen molar-refractivity contribution in [2.45, 2.75) is 0 Å². The second-order valence-electron chi connectivity index (χ2n) is 5.53. The van der Waals surface area contributed by atoms with E-state index >= 15 is 0 Å². The Morgan fingerprint density at radius 3 is 2.59 bits per heavy atom. The smallest absolute Gasteiger partial charge is 0.294 e. The SMILES string of the molecule is O=C(CN1C(=O)S/C(=C/c2cccc([N+](=O)[O-])c2)C1=O)Nc1ccccc1. The molecule has 0 radical (unpaired) electrons. The van der Waals surface area contributed by atoms with E-state index in [0.717, 1.165) is 4.90 Å². The Labute approximate surface area is 158 Å². The Morgan fingerprint density at radius 2 is 1.89 bits per heavy atom. The minimum atomic E-state index is -0.611. The Kier molecular flexibility index (Phi) is 5.32. The zero-order valence-electron chi connectivity index (χ0n) is 13.8. The molecular weight excluding hydrogens is 370 g/mol. The topological polar surface area (TPSA) is 110 Å². The molecule has 3 rings (SSSR count). The minimum absolute atomic E-state index is 0.105. The van der Waals surface area contributed by atoms with Crippen LogP contribution in [-0.2, 0) is 9.59 Å². The lowest BCUT2D eigenvalue weighted by Gasteiger charge is -2.12. The average molecular weight is 383 g/mol. The number of carbonyl (C=O) groups excluding carboxylic acids is 3. The number of hydrogen-bond acceptors (Lipinski definition) is 6. The summed E-state index contributed by atoms with van der Waals surface area (Å²) in [6.07, 6.45) is 1.40. The molecule has 0 aliphatic carbocycles. The molecule has 0 aromatic heterocycles. The fraction of sp³-hybridized carbons (Fsp3) is 0.0556. The van der Waals surface area contributed by atoms with Gasteiger partial charge in [0.1, 0.15) is 6.54 Å². The Balaban J connectivity index is 1.72. The molecule has 0 saturated carbocycles. The van der Waals surface area contributed by atoms with Crippen molar-refractivity contribution in [3.8, 4) is 0 Å². The van der Waals surface area contributed by atoms with E-state index in [1.165, 1.54) is 24.3 Å². The summed E-state index contributed by atoms with van der Waals surface area (Å²) >= 11 is 0.688. The summed E-state index contributed by atoms with van der Waals surface area (Å²) < 4.78 is 0. The van der Waals surface area contributed by atoms with Gasteiger partial charge < -0.3 is 5.32 Å². The molecule has 0 bridgehead atoms. The summed E-state index contributed by atoms with van der Waals surface area (Å²) in [5.74, 6) is -1.11. The minimum Gasteiger partial charge on any atom is -0.325 e. The van der Waals surface area contributed by atoms with E-state index in [9.17, 15) is 24.5 Å². The fourth-order valence-electron chi connectivity index (χ4n) is 2.38. The van der Waals surface area contributed by atoms with Crippen molar-refractivity contribution in [2.24, 2.45) is 0 Å². The number of anilines is 1. The number of nitro groups is 1. The lowest BCUT2D eigenvalue weighted by Crippen LogP contribution is -2.36. The maximum atomic E-state index is 12.4.